The second kappa shape index (κ2) is 12.5. The van der Waals surface area contributed by atoms with Crippen LogP contribution in [0.5, 0.6) is 5.75 Å². The maximum absolute atomic E-state index is 13.2. The lowest BCUT2D eigenvalue weighted by Gasteiger charge is -2.28. The number of hydrogen-bond acceptors (Lipinski definition) is 6. The van der Waals surface area contributed by atoms with Crippen molar-refractivity contribution < 1.29 is 17.9 Å². The summed E-state index contributed by atoms with van der Waals surface area (Å²) < 4.78 is 34.7. The van der Waals surface area contributed by atoms with Crippen molar-refractivity contribution in [3.8, 4) is 5.75 Å². The number of pyridine rings is 1. The van der Waals surface area contributed by atoms with E-state index in [1.165, 1.54) is 18.5 Å². The number of aromatic nitrogens is 1. The average Bonchev–Trinajstić information content (AvgIpc) is 2.89. The first-order valence-corrected chi connectivity index (χ1v) is 14.4. The van der Waals surface area contributed by atoms with E-state index in [9.17, 15) is 13.2 Å². The fourth-order valence-corrected chi connectivity index (χ4v) is 5.98. The van der Waals surface area contributed by atoms with Gasteiger partial charge in [-0.05, 0) is 42.3 Å². The molecule has 1 aliphatic rings. The SMILES string of the molecule is CC(C)CN(C)Cc1ccc2c(c1)OCCC2NC(=O)CC(NS(=O)(=O)c1cccnc1)c1ccccc1. The van der Waals surface area contributed by atoms with Crippen LogP contribution in [-0.4, -0.2) is 44.4 Å². The zero-order chi connectivity index (χ0) is 27.1. The smallest absolute Gasteiger partial charge is 0.242 e. The molecule has 4 rings (SSSR count). The molecule has 0 bridgehead atoms. The van der Waals surface area contributed by atoms with Crippen molar-refractivity contribution in [1.82, 2.24) is 19.9 Å². The number of hydrogen-bond donors (Lipinski definition) is 2. The van der Waals surface area contributed by atoms with Gasteiger partial charge in [0.1, 0.15) is 10.6 Å². The number of ether oxygens (including phenoxy) is 1. The Morgan fingerprint density at radius 1 is 1.13 bits per heavy atom. The minimum absolute atomic E-state index is 0.0473. The fourth-order valence-electron chi connectivity index (χ4n) is 4.79. The molecule has 2 aromatic carbocycles. The Hall–Kier alpha value is -3.27. The molecule has 2 heterocycles. The molecule has 1 aliphatic heterocycles. The van der Waals surface area contributed by atoms with Gasteiger partial charge in [-0.25, -0.2) is 13.1 Å². The van der Waals surface area contributed by atoms with Gasteiger partial charge < -0.3 is 15.0 Å². The van der Waals surface area contributed by atoms with Crippen molar-refractivity contribution in [2.45, 2.75) is 50.2 Å². The Kier molecular flexibility index (Phi) is 9.14. The molecule has 1 aromatic heterocycles. The second-order valence-corrected chi connectivity index (χ2v) is 11.9. The number of carbonyl (C=O) groups is 1. The van der Waals surface area contributed by atoms with Gasteiger partial charge in [-0.1, -0.05) is 56.3 Å². The number of nitrogens with one attached hydrogen (secondary N) is 2. The molecule has 0 fully saturated rings. The Bertz CT molecular complexity index is 1320. The van der Waals surface area contributed by atoms with E-state index in [0.29, 0.717) is 24.5 Å². The lowest BCUT2D eigenvalue weighted by Crippen LogP contribution is -2.36. The van der Waals surface area contributed by atoms with Gasteiger partial charge in [0.2, 0.25) is 15.9 Å². The van der Waals surface area contributed by atoms with Gasteiger partial charge in [0.25, 0.3) is 0 Å². The van der Waals surface area contributed by atoms with Crippen LogP contribution in [0.4, 0.5) is 0 Å². The highest BCUT2D eigenvalue weighted by Crippen LogP contribution is 2.33. The van der Waals surface area contributed by atoms with E-state index in [2.05, 4.69) is 53.0 Å². The maximum Gasteiger partial charge on any atom is 0.242 e. The van der Waals surface area contributed by atoms with E-state index in [1.807, 2.05) is 36.4 Å². The van der Waals surface area contributed by atoms with Crippen molar-refractivity contribution in [2.24, 2.45) is 5.92 Å². The van der Waals surface area contributed by atoms with Gasteiger partial charge >= 0.3 is 0 Å². The number of sulfonamides is 1. The predicted molar refractivity (Wildman–Crippen MR) is 147 cm³/mol. The quantitative estimate of drug-likeness (QED) is 0.381. The number of carbonyl (C=O) groups excluding carboxylic acids is 1. The van der Waals surface area contributed by atoms with Gasteiger partial charge in [-0.2, -0.15) is 0 Å². The van der Waals surface area contributed by atoms with E-state index in [1.54, 1.807) is 6.07 Å². The van der Waals surface area contributed by atoms with Gasteiger partial charge in [-0.3, -0.25) is 9.78 Å². The molecule has 202 valence electrons. The second-order valence-electron chi connectivity index (χ2n) is 10.2. The number of amides is 1. The molecule has 0 aliphatic carbocycles. The summed E-state index contributed by atoms with van der Waals surface area (Å²) in [5.74, 6) is 1.13. The molecule has 2 atom stereocenters. The van der Waals surface area contributed by atoms with E-state index < -0.39 is 16.1 Å². The van der Waals surface area contributed by atoms with Crippen LogP contribution in [-0.2, 0) is 21.4 Å². The van der Waals surface area contributed by atoms with E-state index in [0.717, 1.165) is 30.0 Å². The van der Waals surface area contributed by atoms with Crippen molar-refractivity contribution in [1.29, 1.82) is 0 Å². The summed E-state index contributed by atoms with van der Waals surface area (Å²) in [5.41, 5.74) is 2.80. The van der Waals surface area contributed by atoms with Crippen molar-refractivity contribution in [2.75, 3.05) is 20.2 Å². The third-order valence-electron chi connectivity index (χ3n) is 6.42. The van der Waals surface area contributed by atoms with Crippen molar-refractivity contribution >= 4 is 15.9 Å². The first kappa shape index (κ1) is 27.8. The molecular weight excluding hydrogens is 500 g/mol. The minimum atomic E-state index is -3.87. The lowest BCUT2D eigenvalue weighted by molar-refractivity contribution is -0.122. The molecule has 2 N–H and O–H groups in total. The molecular formula is C29H36N4O4S. The fraction of sp³-hybridized carbons (Fsp3) is 0.379. The third-order valence-corrected chi connectivity index (χ3v) is 7.87. The number of nitrogens with zero attached hydrogens (tertiary/aromatic N) is 2. The highest BCUT2D eigenvalue weighted by atomic mass is 32.2. The number of rotatable bonds is 11. The molecule has 0 saturated heterocycles. The topological polar surface area (TPSA) is 101 Å². The summed E-state index contributed by atoms with van der Waals surface area (Å²) in [6.45, 7) is 6.72. The van der Waals surface area contributed by atoms with Gasteiger partial charge in [0.05, 0.1) is 18.7 Å². The standard InChI is InChI=1S/C29H36N4O4S/c1-21(2)19-33(3)20-22-11-12-25-26(13-15-37-28(25)16-22)31-29(34)17-27(23-8-5-4-6-9-23)32-38(35,36)24-10-7-14-30-18-24/h4-12,14,16,18,21,26-27,32H,13,15,17,19-20H2,1-3H3,(H,31,34). The summed E-state index contributed by atoms with van der Waals surface area (Å²) >= 11 is 0. The third kappa shape index (κ3) is 7.40. The molecule has 0 radical (unpaired) electrons. The highest BCUT2D eigenvalue weighted by Gasteiger charge is 2.27. The van der Waals surface area contributed by atoms with E-state index in [4.69, 9.17) is 4.74 Å². The highest BCUT2D eigenvalue weighted by molar-refractivity contribution is 7.89. The monoisotopic (exact) mass is 536 g/mol. The van der Waals surface area contributed by atoms with Crippen molar-refractivity contribution in [3.05, 3.63) is 89.7 Å². The number of fused-ring (bicyclic) bond motifs is 1. The van der Waals surface area contributed by atoms with Gasteiger partial charge in [0, 0.05) is 43.9 Å². The van der Waals surface area contributed by atoms with Crippen LogP contribution in [0.3, 0.4) is 0 Å². The van der Waals surface area contributed by atoms with Crippen molar-refractivity contribution in [3.63, 3.8) is 0 Å². The first-order valence-electron chi connectivity index (χ1n) is 12.9. The largest absolute Gasteiger partial charge is 0.493 e. The zero-order valence-electron chi connectivity index (χ0n) is 22.1. The average molecular weight is 537 g/mol. The summed E-state index contributed by atoms with van der Waals surface area (Å²) in [6, 6.07) is 17.4. The molecule has 38 heavy (non-hydrogen) atoms. The summed E-state index contributed by atoms with van der Waals surface area (Å²) in [7, 11) is -1.77. The summed E-state index contributed by atoms with van der Waals surface area (Å²) in [5, 5.41) is 3.11. The molecule has 3 aromatic rings. The molecule has 1 amide bonds. The Morgan fingerprint density at radius 3 is 2.63 bits per heavy atom. The van der Waals surface area contributed by atoms with Gasteiger partial charge in [0.15, 0.2) is 0 Å². The predicted octanol–water partition coefficient (Wildman–Crippen LogP) is 4.22. The molecule has 2 unspecified atom stereocenters. The van der Waals surface area contributed by atoms with Gasteiger partial charge in [-0.15, -0.1) is 0 Å². The Morgan fingerprint density at radius 2 is 1.92 bits per heavy atom. The Labute approximate surface area is 225 Å². The zero-order valence-corrected chi connectivity index (χ0v) is 22.9. The Balaban J connectivity index is 1.47. The van der Waals surface area contributed by atoms with Crippen LogP contribution in [0.1, 0.15) is 55.5 Å². The first-order chi connectivity index (χ1) is 18.2. The molecule has 8 nitrogen and oxygen atoms in total. The van der Waals surface area contributed by atoms with Crippen LogP contribution >= 0.6 is 0 Å². The van der Waals surface area contributed by atoms with Crippen LogP contribution in [0.25, 0.3) is 0 Å². The molecule has 9 heteroatoms. The maximum atomic E-state index is 13.2. The molecule has 0 saturated carbocycles. The van der Waals surface area contributed by atoms with Crippen LogP contribution in [0.2, 0.25) is 0 Å². The molecule has 0 spiro atoms. The van der Waals surface area contributed by atoms with E-state index >= 15 is 0 Å². The van der Waals surface area contributed by atoms with Crippen LogP contribution in [0.15, 0.2) is 78.0 Å². The summed E-state index contributed by atoms with van der Waals surface area (Å²) in [4.78, 5) is 19.5. The van der Waals surface area contributed by atoms with Crippen LogP contribution < -0.4 is 14.8 Å². The normalized spacial score (nSPS) is 16.1. The lowest BCUT2D eigenvalue weighted by atomic mass is 9.97. The summed E-state index contributed by atoms with van der Waals surface area (Å²) in [6.07, 6.45) is 3.40. The van der Waals surface area contributed by atoms with E-state index in [-0.39, 0.29) is 23.3 Å². The minimum Gasteiger partial charge on any atom is -0.493 e. The number of benzene rings is 2. The van der Waals surface area contributed by atoms with Crippen LogP contribution in [0, 0.1) is 5.92 Å².